The summed E-state index contributed by atoms with van der Waals surface area (Å²) in [7, 11) is 0. The van der Waals surface area contributed by atoms with E-state index in [9.17, 15) is 0 Å². The topological polar surface area (TPSA) is 6.48 Å². The number of nitrogens with zero attached hydrogens (tertiary/aromatic N) is 2. The Hall–Kier alpha value is -1.18. The molecular weight excluding hydrogens is 208 g/mol. The second-order valence-electron chi connectivity index (χ2n) is 6.20. The van der Waals surface area contributed by atoms with Crippen molar-refractivity contribution in [3.63, 3.8) is 0 Å². The van der Waals surface area contributed by atoms with Crippen molar-refractivity contribution in [1.29, 1.82) is 0 Å². The molecule has 2 nitrogen and oxygen atoms in total. The molecule has 92 valence electrons. The monoisotopic (exact) mass is 230 g/mol. The molecule has 0 atom stereocenters. The van der Waals surface area contributed by atoms with E-state index < -0.39 is 0 Å². The van der Waals surface area contributed by atoms with E-state index in [-0.39, 0.29) is 5.54 Å². The zero-order valence-corrected chi connectivity index (χ0v) is 11.2. The molecular formula is C15H22N2. The first kappa shape index (κ1) is 10.9. The first-order valence-corrected chi connectivity index (χ1v) is 6.72. The molecule has 0 fully saturated rings. The maximum Gasteiger partial charge on any atom is 0.0637 e. The van der Waals surface area contributed by atoms with E-state index in [2.05, 4.69) is 48.8 Å². The van der Waals surface area contributed by atoms with Crippen LogP contribution in [0.4, 0.5) is 11.4 Å². The van der Waals surface area contributed by atoms with E-state index >= 15 is 0 Å². The molecule has 0 aliphatic carbocycles. The molecule has 17 heavy (non-hydrogen) atoms. The van der Waals surface area contributed by atoms with Crippen LogP contribution in [0, 0.1) is 0 Å². The summed E-state index contributed by atoms with van der Waals surface area (Å²) in [6.45, 7) is 10.5. The quantitative estimate of drug-likeness (QED) is 0.676. The van der Waals surface area contributed by atoms with Gasteiger partial charge in [0.15, 0.2) is 0 Å². The number of aryl methyl sites for hydroxylation is 1. The van der Waals surface area contributed by atoms with Crippen LogP contribution in [0.3, 0.4) is 0 Å². The summed E-state index contributed by atoms with van der Waals surface area (Å²) in [6.07, 6.45) is 2.56. The minimum absolute atomic E-state index is 0.221. The molecule has 0 bridgehead atoms. The van der Waals surface area contributed by atoms with Gasteiger partial charge in [0, 0.05) is 25.2 Å². The Morgan fingerprint density at radius 1 is 1.06 bits per heavy atom. The van der Waals surface area contributed by atoms with Crippen LogP contribution in [0.25, 0.3) is 0 Å². The van der Waals surface area contributed by atoms with Gasteiger partial charge in [-0.1, -0.05) is 12.1 Å². The van der Waals surface area contributed by atoms with E-state index in [1.165, 1.54) is 37.3 Å². The molecule has 3 rings (SSSR count). The Kier molecular flexibility index (Phi) is 2.35. The third kappa shape index (κ3) is 1.70. The highest BCUT2D eigenvalue weighted by Crippen LogP contribution is 2.41. The molecule has 0 unspecified atom stereocenters. The average Bonchev–Trinajstić information content (AvgIpc) is 2.28. The maximum absolute atomic E-state index is 2.58. The number of anilines is 2. The molecule has 2 aliphatic rings. The normalized spacial score (nSPS) is 19.2. The van der Waals surface area contributed by atoms with Gasteiger partial charge in [-0.05, 0) is 45.2 Å². The molecule has 0 saturated heterocycles. The zero-order valence-electron chi connectivity index (χ0n) is 11.2. The fraction of sp³-hybridized carbons (Fsp3) is 0.600. The second kappa shape index (κ2) is 3.66. The van der Waals surface area contributed by atoms with Crippen LogP contribution >= 0.6 is 0 Å². The largest absolute Gasteiger partial charge is 0.368 e. The molecule has 0 saturated carbocycles. The van der Waals surface area contributed by atoms with Crippen LogP contribution in [0.2, 0.25) is 0 Å². The van der Waals surface area contributed by atoms with Gasteiger partial charge >= 0.3 is 0 Å². The van der Waals surface area contributed by atoms with Crippen LogP contribution in [0.15, 0.2) is 18.2 Å². The van der Waals surface area contributed by atoms with Crippen molar-refractivity contribution in [3.05, 3.63) is 23.8 Å². The zero-order chi connectivity index (χ0) is 12.0. The van der Waals surface area contributed by atoms with E-state index in [4.69, 9.17) is 0 Å². The van der Waals surface area contributed by atoms with Gasteiger partial charge in [-0.3, -0.25) is 0 Å². The van der Waals surface area contributed by atoms with Crippen molar-refractivity contribution in [2.24, 2.45) is 0 Å². The first-order chi connectivity index (χ1) is 8.07. The summed E-state index contributed by atoms with van der Waals surface area (Å²) in [5, 5.41) is 0. The van der Waals surface area contributed by atoms with Gasteiger partial charge < -0.3 is 9.80 Å². The highest BCUT2D eigenvalue weighted by molar-refractivity contribution is 5.78. The molecule has 0 amide bonds. The van der Waals surface area contributed by atoms with E-state index in [1.54, 1.807) is 5.56 Å². The van der Waals surface area contributed by atoms with Crippen molar-refractivity contribution in [1.82, 2.24) is 0 Å². The van der Waals surface area contributed by atoms with Crippen LogP contribution in [-0.4, -0.2) is 25.2 Å². The lowest BCUT2D eigenvalue weighted by atomic mass is 9.95. The van der Waals surface area contributed by atoms with E-state index in [1.807, 2.05) is 0 Å². The van der Waals surface area contributed by atoms with Crippen LogP contribution in [-0.2, 0) is 6.42 Å². The predicted octanol–water partition coefficient (Wildman–Crippen LogP) is 3.06. The van der Waals surface area contributed by atoms with E-state index in [0.29, 0.717) is 0 Å². The van der Waals surface area contributed by atoms with Crippen molar-refractivity contribution in [2.75, 3.05) is 29.4 Å². The Morgan fingerprint density at radius 3 is 2.65 bits per heavy atom. The molecule has 2 aliphatic heterocycles. The van der Waals surface area contributed by atoms with Crippen molar-refractivity contribution >= 4 is 11.4 Å². The smallest absolute Gasteiger partial charge is 0.0637 e. The summed E-state index contributed by atoms with van der Waals surface area (Å²) < 4.78 is 0. The predicted molar refractivity (Wildman–Crippen MR) is 74.1 cm³/mol. The average molecular weight is 230 g/mol. The minimum Gasteiger partial charge on any atom is -0.368 e. The standard InChI is InChI=1S/C15H22N2/c1-15(2,3)17-11-10-16-9-5-7-12-6-4-8-13(17)14(12)16/h4,6,8H,5,7,9-11H2,1-3H3. The molecule has 1 aromatic rings. The van der Waals surface area contributed by atoms with Gasteiger partial charge in [0.05, 0.1) is 11.4 Å². The van der Waals surface area contributed by atoms with Gasteiger partial charge in [0.1, 0.15) is 0 Å². The molecule has 0 aromatic heterocycles. The second-order valence-corrected chi connectivity index (χ2v) is 6.20. The number of rotatable bonds is 0. The highest BCUT2D eigenvalue weighted by Gasteiger charge is 2.32. The first-order valence-electron chi connectivity index (χ1n) is 6.72. The third-order valence-electron chi connectivity index (χ3n) is 3.98. The Bertz CT molecular complexity index is 431. The summed E-state index contributed by atoms with van der Waals surface area (Å²) in [4.78, 5) is 5.14. The maximum atomic E-state index is 2.58. The lowest BCUT2D eigenvalue weighted by molar-refractivity contribution is 0.488. The Labute approximate surface area is 104 Å². The van der Waals surface area contributed by atoms with Gasteiger partial charge in [0.2, 0.25) is 0 Å². The van der Waals surface area contributed by atoms with Gasteiger partial charge in [-0.15, -0.1) is 0 Å². The van der Waals surface area contributed by atoms with Crippen LogP contribution in [0.5, 0.6) is 0 Å². The van der Waals surface area contributed by atoms with Crippen molar-refractivity contribution in [3.8, 4) is 0 Å². The minimum atomic E-state index is 0.221. The van der Waals surface area contributed by atoms with Crippen LogP contribution in [0.1, 0.15) is 32.8 Å². The summed E-state index contributed by atoms with van der Waals surface area (Å²) in [6, 6.07) is 6.82. The Morgan fingerprint density at radius 2 is 1.88 bits per heavy atom. The van der Waals surface area contributed by atoms with Crippen molar-refractivity contribution in [2.45, 2.75) is 39.2 Å². The molecule has 0 N–H and O–H groups in total. The third-order valence-corrected chi connectivity index (χ3v) is 3.98. The molecule has 2 heteroatoms. The Balaban J connectivity index is 2.12. The molecule has 0 radical (unpaired) electrons. The fourth-order valence-corrected chi connectivity index (χ4v) is 3.20. The van der Waals surface area contributed by atoms with Gasteiger partial charge in [0.25, 0.3) is 0 Å². The summed E-state index contributed by atoms with van der Waals surface area (Å²) >= 11 is 0. The molecule has 1 aromatic carbocycles. The highest BCUT2D eigenvalue weighted by atomic mass is 15.3. The summed E-state index contributed by atoms with van der Waals surface area (Å²) in [5.41, 5.74) is 4.72. The van der Waals surface area contributed by atoms with Gasteiger partial charge in [-0.25, -0.2) is 0 Å². The summed E-state index contributed by atoms with van der Waals surface area (Å²) in [5.74, 6) is 0. The SMILES string of the molecule is CC(C)(C)N1CCN2CCCc3cccc1c32. The molecule has 0 spiro atoms. The van der Waals surface area contributed by atoms with Crippen LogP contribution < -0.4 is 9.80 Å². The van der Waals surface area contributed by atoms with E-state index in [0.717, 1.165) is 6.54 Å². The number of benzene rings is 1. The van der Waals surface area contributed by atoms with Crippen molar-refractivity contribution < 1.29 is 0 Å². The number of para-hydroxylation sites is 1. The number of hydrogen-bond acceptors (Lipinski definition) is 2. The number of hydrogen-bond donors (Lipinski definition) is 0. The molecule has 2 heterocycles. The lowest BCUT2D eigenvalue weighted by Crippen LogP contribution is -2.51. The van der Waals surface area contributed by atoms with Gasteiger partial charge in [-0.2, -0.15) is 0 Å². The fourth-order valence-electron chi connectivity index (χ4n) is 3.20. The lowest BCUT2D eigenvalue weighted by Gasteiger charge is -2.47.